The summed E-state index contributed by atoms with van der Waals surface area (Å²) < 4.78 is 0. The van der Waals surface area contributed by atoms with Crippen LogP contribution in [0, 0.1) is 22.7 Å². The fourth-order valence-electron chi connectivity index (χ4n) is 4.17. The van der Waals surface area contributed by atoms with E-state index in [9.17, 15) is 0 Å². The van der Waals surface area contributed by atoms with E-state index in [1.165, 1.54) is 38.6 Å². The van der Waals surface area contributed by atoms with Crippen LogP contribution < -0.4 is 5.32 Å². The lowest BCUT2D eigenvalue weighted by atomic mass is 9.63. The van der Waals surface area contributed by atoms with Crippen molar-refractivity contribution in [1.82, 2.24) is 5.32 Å². The van der Waals surface area contributed by atoms with Crippen molar-refractivity contribution in [2.45, 2.75) is 72.8 Å². The number of hydrogen-bond acceptors (Lipinski definition) is 1. The summed E-state index contributed by atoms with van der Waals surface area (Å²) in [6, 6.07) is 0.745. The Morgan fingerprint density at radius 2 is 1.59 bits per heavy atom. The van der Waals surface area contributed by atoms with Gasteiger partial charge in [-0.3, -0.25) is 0 Å². The van der Waals surface area contributed by atoms with Crippen LogP contribution in [0.3, 0.4) is 0 Å². The van der Waals surface area contributed by atoms with Crippen molar-refractivity contribution in [3.8, 4) is 0 Å². The van der Waals surface area contributed by atoms with E-state index in [4.69, 9.17) is 0 Å². The maximum atomic E-state index is 3.85. The summed E-state index contributed by atoms with van der Waals surface area (Å²) in [5.41, 5.74) is 1.03. The Labute approximate surface area is 108 Å². The predicted molar refractivity (Wildman–Crippen MR) is 75.1 cm³/mol. The molecule has 0 bridgehead atoms. The molecule has 100 valence electrons. The topological polar surface area (TPSA) is 12.0 Å². The summed E-state index contributed by atoms with van der Waals surface area (Å²) in [6.07, 6.45) is 7.03. The zero-order valence-corrected chi connectivity index (χ0v) is 12.5. The Morgan fingerprint density at radius 1 is 1.06 bits per heavy atom. The van der Waals surface area contributed by atoms with Gasteiger partial charge < -0.3 is 5.32 Å². The summed E-state index contributed by atoms with van der Waals surface area (Å²) in [5.74, 6) is 1.93. The van der Waals surface area contributed by atoms with Gasteiger partial charge in [-0.15, -0.1) is 0 Å². The van der Waals surface area contributed by atoms with E-state index in [1.54, 1.807) is 0 Å². The molecule has 2 aliphatic carbocycles. The first-order valence-electron chi connectivity index (χ1n) is 7.51. The Morgan fingerprint density at radius 3 is 2.06 bits per heavy atom. The summed E-state index contributed by atoms with van der Waals surface area (Å²) in [5, 5.41) is 3.85. The molecule has 0 aromatic rings. The van der Waals surface area contributed by atoms with Gasteiger partial charge in [0.1, 0.15) is 0 Å². The normalized spacial score (nSPS) is 30.2. The molecule has 1 nitrogen and oxygen atoms in total. The molecule has 0 radical (unpaired) electrons. The van der Waals surface area contributed by atoms with Crippen molar-refractivity contribution in [2.75, 3.05) is 6.54 Å². The molecule has 0 aliphatic heterocycles. The average molecular weight is 237 g/mol. The minimum Gasteiger partial charge on any atom is -0.314 e. The molecule has 0 aromatic heterocycles. The van der Waals surface area contributed by atoms with E-state index in [0.29, 0.717) is 10.8 Å². The first-order valence-corrected chi connectivity index (χ1v) is 7.51. The van der Waals surface area contributed by atoms with Crippen LogP contribution >= 0.6 is 0 Å². The van der Waals surface area contributed by atoms with E-state index in [0.717, 1.165) is 17.9 Å². The number of rotatable bonds is 4. The molecule has 0 aromatic carbocycles. The fourth-order valence-corrected chi connectivity index (χ4v) is 4.17. The van der Waals surface area contributed by atoms with Gasteiger partial charge in [0.15, 0.2) is 0 Å². The molecule has 1 unspecified atom stereocenters. The molecule has 2 fully saturated rings. The Hall–Kier alpha value is -0.0400. The highest BCUT2D eigenvalue weighted by atomic mass is 14.9. The molecule has 1 heteroatoms. The second-order valence-corrected chi connectivity index (χ2v) is 8.33. The van der Waals surface area contributed by atoms with E-state index < -0.39 is 0 Å². The van der Waals surface area contributed by atoms with E-state index in [1.807, 2.05) is 0 Å². The standard InChI is InChI=1S/C16H31N/c1-12(13-6-7-13)10-17-14-8-15(2,3)11-16(4,5)9-14/h12-14,17H,6-11H2,1-5H3. The van der Waals surface area contributed by atoms with Gasteiger partial charge >= 0.3 is 0 Å². The van der Waals surface area contributed by atoms with Gasteiger partial charge in [-0.05, 0) is 61.3 Å². The van der Waals surface area contributed by atoms with Crippen molar-refractivity contribution in [2.24, 2.45) is 22.7 Å². The molecule has 17 heavy (non-hydrogen) atoms. The van der Waals surface area contributed by atoms with Crippen LogP contribution in [0.2, 0.25) is 0 Å². The molecule has 1 N–H and O–H groups in total. The highest BCUT2D eigenvalue weighted by Crippen LogP contribution is 2.45. The third kappa shape index (κ3) is 3.98. The molecular formula is C16H31N. The van der Waals surface area contributed by atoms with Gasteiger partial charge in [0.2, 0.25) is 0 Å². The Balaban J connectivity index is 1.83. The van der Waals surface area contributed by atoms with Gasteiger partial charge in [0.05, 0.1) is 0 Å². The maximum absolute atomic E-state index is 3.85. The lowest BCUT2D eigenvalue weighted by molar-refractivity contribution is 0.0833. The third-order valence-electron chi connectivity index (χ3n) is 4.71. The smallest absolute Gasteiger partial charge is 0.00773 e. The minimum atomic E-state index is 0.516. The monoisotopic (exact) mass is 237 g/mol. The molecule has 0 spiro atoms. The number of nitrogens with one attached hydrogen (secondary N) is 1. The molecule has 0 amide bonds. The average Bonchev–Trinajstić information content (AvgIpc) is 2.91. The second kappa shape index (κ2) is 4.57. The van der Waals surface area contributed by atoms with Crippen molar-refractivity contribution >= 4 is 0 Å². The molecule has 2 saturated carbocycles. The van der Waals surface area contributed by atoms with Crippen molar-refractivity contribution in [3.63, 3.8) is 0 Å². The van der Waals surface area contributed by atoms with Gasteiger partial charge in [0.25, 0.3) is 0 Å². The summed E-state index contributed by atoms with van der Waals surface area (Å²) in [6.45, 7) is 13.4. The lowest BCUT2D eigenvalue weighted by Crippen LogP contribution is -2.45. The van der Waals surface area contributed by atoms with E-state index in [2.05, 4.69) is 39.9 Å². The molecular weight excluding hydrogens is 206 g/mol. The van der Waals surface area contributed by atoms with Crippen LogP contribution in [0.15, 0.2) is 0 Å². The van der Waals surface area contributed by atoms with E-state index in [-0.39, 0.29) is 0 Å². The van der Waals surface area contributed by atoms with Crippen LogP contribution in [0.5, 0.6) is 0 Å². The second-order valence-electron chi connectivity index (χ2n) is 8.33. The highest BCUT2D eigenvalue weighted by molar-refractivity contribution is 4.92. The first-order chi connectivity index (χ1) is 7.77. The van der Waals surface area contributed by atoms with Crippen molar-refractivity contribution in [1.29, 1.82) is 0 Å². The van der Waals surface area contributed by atoms with Crippen LogP contribution in [-0.2, 0) is 0 Å². The largest absolute Gasteiger partial charge is 0.314 e. The fraction of sp³-hybridized carbons (Fsp3) is 1.00. The molecule has 0 heterocycles. The Kier molecular flexibility index (Phi) is 3.60. The van der Waals surface area contributed by atoms with Crippen LogP contribution in [-0.4, -0.2) is 12.6 Å². The molecule has 2 rings (SSSR count). The number of hydrogen-bond donors (Lipinski definition) is 1. The molecule has 1 atom stereocenters. The Bertz CT molecular complexity index is 247. The quantitative estimate of drug-likeness (QED) is 0.771. The van der Waals surface area contributed by atoms with Crippen molar-refractivity contribution in [3.05, 3.63) is 0 Å². The summed E-state index contributed by atoms with van der Waals surface area (Å²) in [7, 11) is 0. The van der Waals surface area contributed by atoms with Gasteiger partial charge in [-0.2, -0.15) is 0 Å². The van der Waals surface area contributed by atoms with Crippen LogP contribution in [0.4, 0.5) is 0 Å². The predicted octanol–water partition coefficient (Wildman–Crippen LogP) is 4.23. The SMILES string of the molecule is CC(CNC1CC(C)(C)CC(C)(C)C1)C1CC1. The maximum Gasteiger partial charge on any atom is 0.00773 e. The van der Waals surface area contributed by atoms with Crippen LogP contribution in [0.1, 0.15) is 66.7 Å². The van der Waals surface area contributed by atoms with Gasteiger partial charge in [-0.25, -0.2) is 0 Å². The zero-order chi connectivity index (χ0) is 12.7. The summed E-state index contributed by atoms with van der Waals surface area (Å²) >= 11 is 0. The molecule has 0 saturated heterocycles. The van der Waals surface area contributed by atoms with E-state index >= 15 is 0 Å². The third-order valence-corrected chi connectivity index (χ3v) is 4.71. The zero-order valence-electron chi connectivity index (χ0n) is 12.5. The molecule has 2 aliphatic rings. The van der Waals surface area contributed by atoms with Gasteiger partial charge in [0, 0.05) is 6.04 Å². The summed E-state index contributed by atoms with van der Waals surface area (Å²) in [4.78, 5) is 0. The minimum absolute atomic E-state index is 0.516. The highest BCUT2D eigenvalue weighted by Gasteiger charge is 2.38. The van der Waals surface area contributed by atoms with Gasteiger partial charge in [-0.1, -0.05) is 34.6 Å². The van der Waals surface area contributed by atoms with Crippen molar-refractivity contribution < 1.29 is 0 Å². The lowest BCUT2D eigenvalue weighted by Gasteiger charge is -2.45. The first kappa shape index (κ1) is 13.4. The van der Waals surface area contributed by atoms with Crippen LogP contribution in [0.25, 0.3) is 0 Å².